The third kappa shape index (κ3) is 2.91. The Labute approximate surface area is 193 Å². The first-order chi connectivity index (χ1) is 14.4. The van der Waals surface area contributed by atoms with Crippen molar-refractivity contribution in [2.75, 3.05) is 6.61 Å². The molecule has 7 heteroatoms. The Morgan fingerprint density at radius 1 is 1.12 bits per heavy atom. The van der Waals surface area contributed by atoms with Gasteiger partial charge in [0.25, 0.3) is 0 Å². The summed E-state index contributed by atoms with van der Waals surface area (Å²) in [5.74, 6) is -1.33. The van der Waals surface area contributed by atoms with E-state index in [-0.39, 0.29) is 30.8 Å². The monoisotopic (exact) mass is 466 g/mol. The summed E-state index contributed by atoms with van der Waals surface area (Å²) < 4.78 is 12.2. The number of ether oxygens (including phenoxy) is 1. The largest absolute Gasteiger partial charge is 0.411 e. The topological polar surface area (TPSA) is 96.2 Å². The Morgan fingerprint density at radius 3 is 2.22 bits per heavy atom. The van der Waals surface area contributed by atoms with Crippen LogP contribution in [0.2, 0.25) is 19.6 Å². The van der Waals surface area contributed by atoms with E-state index >= 15 is 0 Å². The highest BCUT2D eigenvalue weighted by Crippen LogP contribution is 2.64. The van der Waals surface area contributed by atoms with Gasteiger partial charge in [0.1, 0.15) is 17.0 Å². The zero-order valence-corrected chi connectivity index (χ0v) is 22.2. The number of carbonyl (C=O) groups is 1. The van der Waals surface area contributed by atoms with Crippen LogP contribution in [-0.4, -0.2) is 65.5 Å². The van der Waals surface area contributed by atoms with Crippen molar-refractivity contribution in [3.05, 3.63) is 11.1 Å². The molecule has 4 aliphatic rings. The molecule has 0 aromatic rings. The molecular weight excluding hydrogens is 424 g/mol. The van der Waals surface area contributed by atoms with Gasteiger partial charge in [-0.3, -0.25) is 4.79 Å². The van der Waals surface area contributed by atoms with Gasteiger partial charge in [0.15, 0.2) is 8.32 Å². The number of fused-ring (bicyclic) bond motifs is 5. The van der Waals surface area contributed by atoms with E-state index in [2.05, 4.69) is 19.6 Å². The fourth-order valence-corrected chi connectivity index (χ4v) is 8.83. The molecule has 1 heterocycles. The quantitative estimate of drug-likeness (QED) is 0.428. The third-order valence-corrected chi connectivity index (χ3v) is 10.7. The minimum atomic E-state index is -1.97. The Bertz CT molecular complexity index is 861. The molecule has 3 aliphatic carbocycles. The summed E-state index contributed by atoms with van der Waals surface area (Å²) in [6.45, 7) is 18.1. The molecule has 6 nitrogen and oxygen atoms in total. The van der Waals surface area contributed by atoms with Crippen LogP contribution in [0.1, 0.15) is 54.4 Å². The van der Waals surface area contributed by atoms with Crippen molar-refractivity contribution in [2.24, 2.45) is 28.6 Å². The normalized spacial score (nSPS) is 50.7. The molecule has 0 radical (unpaired) electrons. The second-order valence-corrected chi connectivity index (χ2v) is 17.2. The van der Waals surface area contributed by atoms with Crippen LogP contribution >= 0.6 is 0 Å². The lowest BCUT2D eigenvalue weighted by atomic mass is 9.42. The molecule has 3 N–H and O–H groups in total. The molecule has 4 rings (SSSR count). The van der Waals surface area contributed by atoms with Crippen LogP contribution in [0, 0.1) is 28.6 Å². The number of hydrogen-bond donors (Lipinski definition) is 3. The van der Waals surface area contributed by atoms with Gasteiger partial charge in [-0.25, -0.2) is 0 Å². The molecular formula is C25H42O6Si. The van der Waals surface area contributed by atoms with Crippen molar-refractivity contribution in [1.29, 1.82) is 0 Å². The third-order valence-electron chi connectivity index (χ3n) is 9.67. The summed E-state index contributed by atoms with van der Waals surface area (Å²) in [7, 11) is -1.97. The molecule has 0 aromatic carbocycles. The minimum Gasteiger partial charge on any atom is -0.411 e. The molecule has 1 saturated heterocycles. The molecule has 3 fully saturated rings. The predicted molar refractivity (Wildman–Crippen MR) is 125 cm³/mol. The molecule has 1 unspecified atom stereocenters. The van der Waals surface area contributed by atoms with Crippen molar-refractivity contribution in [3.8, 4) is 0 Å². The van der Waals surface area contributed by atoms with Crippen LogP contribution in [0.25, 0.3) is 0 Å². The highest BCUT2D eigenvalue weighted by atomic mass is 28.4. The van der Waals surface area contributed by atoms with Crippen LogP contribution in [0.4, 0.5) is 0 Å². The average molecular weight is 467 g/mol. The number of Topliss-reactive ketones (excluding diaryl/α,β-unsaturated/α-hetero) is 1. The van der Waals surface area contributed by atoms with Gasteiger partial charge in [0, 0.05) is 29.1 Å². The van der Waals surface area contributed by atoms with E-state index in [1.165, 1.54) is 0 Å². The first kappa shape index (κ1) is 24.5. The summed E-state index contributed by atoms with van der Waals surface area (Å²) in [6.07, 6.45) is -1.28. The Morgan fingerprint density at radius 2 is 1.72 bits per heavy atom. The Balaban J connectivity index is 1.97. The lowest BCUT2D eigenvalue weighted by molar-refractivity contribution is -0.337. The molecule has 0 amide bonds. The lowest BCUT2D eigenvalue weighted by Crippen LogP contribution is -2.79. The Kier molecular flexibility index (Phi) is 5.36. The first-order valence-electron chi connectivity index (χ1n) is 12.1. The number of carbonyl (C=O) groups excluding carboxylic acids is 1. The van der Waals surface area contributed by atoms with E-state index in [1.807, 2.05) is 41.5 Å². The zero-order valence-electron chi connectivity index (χ0n) is 21.2. The van der Waals surface area contributed by atoms with Gasteiger partial charge in [0.2, 0.25) is 0 Å². The SMILES string of the molecule is CC1=C2[C@@H](C)C(=O)[C@@]3(C)C([C@H](O)[C@](O)(C[C@@H]1O[Si](C)(C)C)C2(C)C)[C@]1(O)CO[C@@H]1C[C@@H]3C. The van der Waals surface area contributed by atoms with Gasteiger partial charge in [-0.15, -0.1) is 0 Å². The molecule has 2 bridgehead atoms. The standard InChI is InChI=1S/C25H42O6Si/c1-13-10-17-24(28,12-30-17)19-21(27)25(29)11-16(31-32(7,8)9)14(2)18(22(25,4)5)15(3)20(26)23(13,19)6/h13,15-17,19,21,27-29H,10-12H2,1-9H3/t13-,15+,16-,17+,19?,21-,23+,24-,25+/m0/s1. The Hall–Kier alpha value is -0.573. The van der Waals surface area contributed by atoms with Crippen molar-refractivity contribution >= 4 is 14.1 Å². The number of aliphatic hydroxyl groups is 3. The molecule has 182 valence electrons. The molecule has 1 aliphatic heterocycles. The van der Waals surface area contributed by atoms with Crippen LogP contribution in [-0.2, 0) is 14.0 Å². The second kappa shape index (κ2) is 6.98. The summed E-state index contributed by atoms with van der Waals surface area (Å²) >= 11 is 0. The van der Waals surface area contributed by atoms with Crippen LogP contribution in [0.3, 0.4) is 0 Å². The summed E-state index contributed by atoms with van der Waals surface area (Å²) in [6, 6.07) is 0. The zero-order chi connectivity index (χ0) is 24.2. The molecule has 9 atom stereocenters. The van der Waals surface area contributed by atoms with Crippen molar-refractivity contribution in [2.45, 2.75) is 104 Å². The van der Waals surface area contributed by atoms with Crippen molar-refractivity contribution in [1.82, 2.24) is 0 Å². The summed E-state index contributed by atoms with van der Waals surface area (Å²) in [5, 5.41) is 36.1. The fraction of sp³-hybridized carbons (Fsp3) is 0.880. The van der Waals surface area contributed by atoms with Crippen LogP contribution in [0.15, 0.2) is 11.1 Å². The van der Waals surface area contributed by atoms with Gasteiger partial charge in [0.05, 0.1) is 24.9 Å². The molecule has 0 aromatic heterocycles. The predicted octanol–water partition coefficient (Wildman–Crippen LogP) is 3.06. The van der Waals surface area contributed by atoms with E-state index in [9.17, 15) is 20.1 Å². The van der Waals surface area contributed by atoms with Gasteiger partial charge in [-0.1, -0.05) is 34.6 Å². The second-order valence-electron chi connectivity index (χ2n) is 12.8. The summed E-state index contributed by atoms with van der Waals surface area (Å²) in [5.41, 5.74) is -2.83. The van der Waals surface area contributed by atoms with E-state index in [4.69, 9.17) is 9.16 Å². The molecule has 32 heavy (non-hydrogen) atoms. The smallest absolute Gasteiger partial charge is 0.184 e. The summed E-state index contributed by atoms with van der Waals surface area (Å²) in [4.78, 5) is 14.2. The number of ketones is 1. The fourth-order valence-electron chi connectivity index (χ4n) is 7.72. The maximum absolute atomic E-state index is 14.2. The van der Waals surface area contributed by atoms with E-state index in [0.29, 0.717) is 6.42 Å². The van der Waals surface area contributed by atoms with Gasteiger partial charge >= 0.3 is 0 Å². The van der Waals surface area contributed by atoms with E-state index in [1.54, 1.807) is 0 Å². The lowest BCUT2D eigenvalue weighted by Gasteiger charge is -2.67. The maximum atomic E-state index is 14.2. The van der Waals surface area contributed by atoms with Gasteiger partial charge in [-0.05, 0) is 50.0 Å². The highest BCUT2D eigenvalue weighted by molar-refractivity contribution is 6.69. The van der Waals surface area contributed by atoms with Crippen LogP contribution in [0.5, 0.6) is 0 Å². The van der Waals surface area contributed by atoms with Gasteiger partial charge < -0.3 is 24.5 Å². The van der Waals surface area contributed by atoms with E-state index in [0.717, 1.165) is 11.1 Å². The highest BCUT2D eigenvalue weighted by Gasteiger charge is 2.73. The number of aliphatic hydroxyl groups excluding tert-OH is 1. The average Bonchev–Trinajstić information content (AvgIpc) is 2.65. The first-order valence-corrected chi connectivity index (χ1v) is 15.5. The van der Waals surface area contributed by atoms with Crippen LogP contribution < -0.4 is 0 Å². The van der Waals surface area contributed by atoms with Crippen molar-refractivity contribution < 1.29 is 29.3 Å². The van der Waals surface area contributed by atoms with Gasteiger partial charge in [-0.2, -0.15) is 0 Å². The molecule has 0 spiro atoms. The maximum Gasteiger partial charge on any atom is 0.184 e. The molecule has 2 saturated carbocycles. The number of hydrogen-bond acceptors (Lipinski definition) is 6. The van der Waals surface area contributed by atoms with Crippen molar-refractivity contribution in [3.63, 3.8) is 0 Å². The minimum absolute atomic E-state index is 0.0333. The number of rotatable bonds is 2. The van der Waals surface area contributed by atoms with E-state index < -0.39 is 54.4 Å².